The molecule has 66 heavy (non-hydrogen) atoms. The van der Waals surface area contributed by atoms with E-state index in [1.165, 1.54) is 24.3 Å². The molecular weight excluding hydrogens is 876 g/mol. The highest BCUT2D eigenvalue weighted by molar-refractivity contribution is 6.33. The first kappa shape index (κ1) is 60.9. The molecular formula is C42H58N6O18. The number of carbonyl (C=O) groups excluding carboxylic acids is 8. The number of aliphatic carboxylic acids is 2. The Balaban J connectivity index is 0. The van der Waals surface area contributed by atoms with Crippen LogP contribution in [0.25, 0.3) is 21.5 Å². The summed E-state index contributed by atoms with van der Waals surface area (Å²) in [6.07, 6.45) is 0. The highest BCUT2D eigenvalue weighted by atomic mass is 16.5. The first-order chi connectivity index (χ1) is 28.2. The lowest BCUT2D eigenvalue weighted by Gasteiger charge is -2.32. The van der Waals surface area contributed by atoms with Gasteiger partial charge in [0.1, 0.15) is 11.5 Å². The lowest BCUT2D eigenvalue weighted by molar-refractivity contribution is -0.869. The number of imide groups is 2. The number of benzene rings is 4. The topological polar surface area (TPSA) is 421 Å². The van der Waals surface area contributed by atoms with Crippen LogP contribution in [0.15, 0.2) is 60.7 Å². The van der Waals surface area contributed by atoms with Crippen molar-refractivity contribution in [2.45, 2.75) is 0 Å². The van der Waals surface area contributed by atoms with Gasteiger partial charge in [-0.3, -0.25) is 38.6 Å². The maximum atomic E-state index is 12.6. The summed E-state index contributed by atoms with van der Waals surface area (Å²) in [5.41, 5.74) is -0.202. The van der Waals surface area contributed by atoms with Crippen molar-refractivity contribution in [3.8, 4) is 11.5 Å². The third-order valence-corrected chi connectivity index (χ3v) is 9.41. The molecule has 0 aliphatic carbocycles. The van der Waals surface area contributed by atoms with E-state index in [0.29, 0.717) is 34.4 Å². The first-order valence-electron chi connectivity index (χ1n) is 18.8. The zero-order valence-corrected chi connectivity index (χ0v) is 37.1. The van der Waals surface area contributed by atoms with Gasteiger partial charge in [-0.1, -0.05) is 24.3 Å². The van der Waals surface area contributed by atoms with E-state index in [4.69, 9.17) is 9.47 Å². The molecule has 0 unspecified atom stereocenters. The number of quaternary nitrogens is 2. The van der Waals surface area contributed by atoms with E-state index >= 15 is 0 Å². The Morgan fingerprint density at radius 2 is 0.788 bits per heavy atom. The predicted molar refractivity (Wildman–Crippen MR) is 233 cm³/mol. The van der Waals surface area contributed by atoms with Crippen LogP contribution in [-0.2, 0) is 19.2 Å². The molecule has 2 aliphatic heterocycles. The van der Waals surface area contributed by atoms with Gasteiger partial charge in [-0.15, -0.1) is 0 Å². The van der Waals surface area contributed by atoms with Gasteiger partial charge in [-0.05, 0) is 36.4 Å². The number of likely N-dealkylation sites (N-methyl/N-ethyl adjacent to an activating group) is 2. The number of ether oxygens (including phenoxy) is 2. The zero-order chi connectivity index (χ0) is 44.1. The van der Waals surface area contributed by atoms with E-state index in [2.05, 4.69) is 52.9 Å². The van der Waals surface area contributed by atoms with Crippen LogP contribution in [0.5, 0.6) is 11.5 Å². The third kappa shape index (κ3) is 14.4. The van der Waals surface area contributed by atoms with Crippen LogP contribution in [0, 0.1) is 0 Å². The second kappa shape index (κ2) is 24.8. The predicted octanol–water partition coefficient (Wildman–Crippen LogP) is -6.17. The van der Waals surface area contributed by atoms with E-state index in [0.717, 1.165) is 32.8 Å². The number of rotatable bonds is 16. The van der Waals surface area contributed by atoms with Crippen molar-refractivity contribution < 1.29 is 99.9 Å². The summed E-state index contributed by atoms with van der Waals surface area (Å²) < 4.78 is 13.1. The van der Waals surface area contributed by atoms with Gasteiger partial charge in [-0.2, -0.15) is 0 Å². The number of carbonyl (C=O) groups is 8. The molecule has 0 fully saturated rings. The molecule has 6 rings (SSSR count). The number of hydrogen-bond acceptors (Lipinski definition) is 12. The van der Waals surface area contributed by atoms with Crippen molar-refractivity contribution in [3.05, 3.63) is 82.9 Å². The lowest BCUT2D eigenvalue weighted by Crippen LogP contribution is -2.48. The second-order valence-electron chi connectivity index (χ2n) is 16.1. The molecule has 0 saturated heterocycles. The van der Waals surface area contributed by atoms with Gasteiger partial charge in [0.25, 0.3) is 35.4 Å². The Bertz CT molecular complexity index is 2190. The SMILES string of the molecule is C[N+](C)(C)CCNC(=O)COc1cccc2c(OCC(=O)NCC[N+](C)(C)C)cccc12.O.O.O.O.O.O.O=C([O-])CN1C(=O)c2ccc3c4c(ccc(c24)C1=O)C(=O)N(CC(=O)[O-])C3=O. The van der Waals surface area contributed by atoms with Gasteiger partial charge < -0.3 is 81.7 Å². The summed E-state index contributed by atoms with van der Waals surface area (Å²) in [7, 11) is 12.5. The van der Waals surface area contributed by atoms with E-state index in [-0.39, 0.29) is 90.9 Å². The fraction of sp³-hybridized carbons (Fsp3) is 0.333. The quantitative estimate of drug-likeness (QED) is 0.0783. The Kier molecular flexibility index (Phi) is 22.9. The van der Waals surface area contributed by atoms with E-state index in [9.17, 15) is 48.6 Å². The fourth-order valence-electron chi connectivity index (χ4n) is 6.47. The van der Waals surface area contributed by atoms with E-state index in [1.807, 2.05) is 36.4 Å². The number of carboxylic acids is 2. The molecule has 2 heterocycles. The van der Waals surface area contributed by atoms with Crippen LogP contribution in [0.3, 0.4) is 0 Å². The number of carboxylic acid groups (broad SMARTS) is 2. The monoisotopic (exact) mass is 934 g/mol. The normalized spacial score (nSPS) is 12.3. The Hall–Kier alpha value is -7.16. The molecule has 14 N–H and O–H groups in total. The largest absolute Gasteiger partial charge is 0.548 e. The molecule has 24 nitrogen and oxygen atoms in total. The molecule has 0 atom stereocenters. The number of amides is 6. The van der Waals surface area contributed by atoms with E-state index in [1.54, 1.807) is 0 Å². The molecule has 0 aromatic heterocycles. The van der Waals surface area contributed by atoms with Crippen molar-refractivity contribution in [1.82, 2.24) is 20.4 Å². The lowest BCUT2D eigenvalue weighted by atomic mass is 9.86. The van der Waals surface area contributed by atoms with Gasteiger partial charge in [0.2, 0.25) is 0 Å². The highest BCUT2D eigenvalue weighted by Crippen LogP contribution is 2.38. The van der Waals surface area contributed by atoms with Crippen molar-refractivity contribution in [2.75, 3.05) is 94.8 Å². The zero-order valence-electron chi connectivity index (χ0n) is 37.1. The van der Waals surface area contributed by atoms with Gasteiger partial charge in [0.05, 0.1) is 93.5 Å². The standard InChI is InChI=1S/C24H36N4O4.C18H10N2O8.6H2O/c1-27(2,3)15-13-25-23(29)17-31-21-11-7-10-20-19(21)9-8-12-22(20)32-18-24(30)26-14-16-28(4,5)6;21-11(22)5-19-15(25)7-1-2-8-14-10(4-3-9(13(7)14)17(19)27)18(28)20(16(8)26)6-12(23)24;;;;;;/h7-12H,13-18H2,1-6H3;1-4H,5-6H2,(H,21,22)(H,23,24);6*1H2. The fourth-order valence-corrected chi connectivity index (χ4v) is 6.47. The average Bonchev–Trinajstić information content (AvgIpc) is 3.16. The molecule has 4 aromatic carbocycles. The second-order valence-corrected chi connectivity index (χ2v) is 16.1. The maximum absolute atomic E-state index is 12.6. The van der Waals surface area contributed by atoms with Crippen LogP contribution in [-0.4, -0.2) is 194 Å². The summed E-state index contributed by atoms with van der Waals surface area (Å²) in [6, 6.07) is 16.1. The van der Waals surface area contributed by atoms with Crippen molar-refractivity contribution in [2.24, 2.45) is 0 Å². The van der Waals surface area contributed by atoms with Gasteiger partial charge in [-0.25, -0.2) is 0 Å². The average molecular weight is 935 g/mol. The Labute approximate surface area is 377 Å². The van der Waals surface area contributed by atoms with Crippen molar-refractivity contribution in [3.63, 3.8) is 0 Å². The summed E-state index contributed by atoms with van der Waals surface area (Å²) in [6.45, 7) is 0.851. The summed E-state index contributed by atoms with van der Waals surface area (Å²) in [4.78, 5) is 97.4. The molecule has 2 aliphatic rings. The van der Waals surface area contributed by atoms with E-state index < -0.39 is 48.7 Å². The molecule has 0 saturated carbocycles. The van der Waals surface area contributed by atoms with Crippen LogP contribution in [0.2, 0.25) is 0 Å². The number of hydrogen-bond donors (Lipinski definition) is 2. The molecule has 24 heteroatoms. The number of fused-ring (bicyclic) bond motifs is 1. The van der Waals surface area contributed by atoms with Crippen LogP contribution < -0.4 is 30.3 Å². The first-order valence-corrected chi connectivity index (χ1v) is 18.8. The minimum atomic E-state index is -1.63. The molecule has 0 bridgehead atoms. The van der Waals surface area contributed by atoms with Crippen LogP contribution >= 0.6 is 0 Å². The van der Waals surface area contributed by atoms with Crippen molar-refractivity contribution >= 4 is 68.9 Å². The molecule has 6 amide bonds. The third-order valence-electron chi connectivity index (χ3n) is 9.41. The van der Waals surface area contributed by atoms with Gasteiger partial charge in [0, 0.05) is 43.8 Å². The summed E-state index contributed by atoms with van der Waals surface area (Å²) in [5.74, 6) is -5.97. The summed E-state index contributed by atoms with van der Waals surface area (Å²) in [5, 5.41) is 29.3. The van der Waals surface area contributed by atoms with Gasteiger partial charge in [0.15, 0.2) is 13.2 Å². The highest BCUT2D eigenvalue weighted by Gasteiger charge is 2.39. The summed E-state index contributed by atoms with van der Waals surface area (Å²) >= 11 is 0. The molecule has 4 aromatic rings. The van der Waals surface area contributed by atoms with Gasteiger partial charge >= 0.3 is 0 Å². The minimum Gasteiger partial charge on any atom is -0.548 e. The molecule has 364 valence electrons. The molecule has 0 spiro atoms. The van der Waals surface area contributed by atoms with Crippen LogP contribution in [0.1, 0.15) is 41.4 Å². The van der Waals surface area contributed by atoms with Crippen LogP contribution in [0.4, 0.5) is 0 Å². The minimum absolute atomic E-state index is 0. The smallest absolute Gasteiger partial charge is 0.261 e. The number of nitrogens with zero attached hydrogens (tertiary/aromatic N) is 4. The Morgan fingerprint density at radius 3 is 1.05 bits per heavy atom. The maximum Gasteiger partial charge on any atom is 0.261 e. The van der Waals surface area contributed by atoms with Crippen molar-refractivity contribution in [1.29, 1.82) is 0 Å². The Morgan fingerprint density at radius 1 is 0.500 bits per heavy atom. The molecule has 0 radical (unpaired) electrons. The number of nitrogens with one attached hydrogen (secondary N) is 2.